The molecule has 0 saturated carbocycles. The zero-order valence-corrected chi connectivity index (χ0v) is 21.8. The zero-order chi connectivity index (χ0) is 26.5. The zero-order valence-electron chi connectivity index (χ0n) is 21.0. The number of rotatable bonds is 10. The van der Waals surface area contributed by atoms with Crippen LogP contribution in [0.3, 0.4) is 0 Å². The molecule has 1 aromatic heterocycles. The number of nitro groups is 1. The van der Waals surface area contributed by atoms with Crippen LogP contribution < -0.4 is 10.1 Å². The Labute approximate surface area is 210 Å². The number of hydrogen-bond acceptors (Lipinski definition) is 8. The van der Waals surface area contributed by atoms with Gasteiger partial charge in [0.05, 0.1) is 35.2 Å². The maximum Gasteiger partial charge on any atom is 0.293 e. The normalized spacial score (nSPS) is 12.1. The molecule has 196 valence electrons. The second-order valence-corrected chi connectivity index (χ2v) is 9.94. The van der Waals surface area contributed by atoms with Gasteiger partial charge in [-0.05, 0) is 43.8 Å². The summed E-state index contributed by atoms with van der Waals surface area (Å²) in [4.78, 5) is 13.7. The molecule has 0 unspecified atom stereocenters. The summed E-state index contributed by atoms with van der Waals surface area (Å²) in [5, 5.41) is 20.7. The van der Waals surface area contributed by atoms with Crippen molar-refractivity contribution in [2.75, 3.05) is 37.8 Å². The fourth-order valence-corrected chi connectivity index (χ4v) is 4.06. The third-order valence-electron chi connectivity index (χ3n) is 5.89. The Bertz CT molecular complexity index is 1330. The number of nitrogens with zero attached hydrogens (tertiary/aromatic N) is 4. The third-order valence-corrected chi connectivity index (χ3v) is 5.89. The van der Waals surface area contributed by atoms with Crippen molar-refractivity contribution in [2.24, 2.45) is 0 Å². The lowest BCUT2D eigenvalue weighted by atomic mass is 9.99. The number of hydrogen-bond donors (Lipinski definition) is 2. The van der Waals surface area contributed by atoms with Crippen LogP contribution in [0.5, 0.6) is 5.75 Å². The number of benzene rings is 2. The van der Waals surface area contributed by atoms with Crippen molar-refractivity contribution in [3.8, 4) is 17.0 Å². The van der Waals surface area contributed by atoms with Gasteiger partial charge in [0.25, 0.3) is 15.8 Å². The van der Waals surface area contributed by atoms with Crippen LogP contribution in [0.4, 0.5) is 17.1 Å². The molecule has 12 heteroatoms. The molecule has 0 amide bonds. The van der Waals surface area contributed by atoms with Gasteiger partial charge in [0.15, 0.2) is 0 Å². The van der Waals surface area contributed by atoms with Crippen LogP contribution in [-0.2, 0) is 16.7 Å². The van der Waals surface area contributed by atoms with Gasteiger partial charge in [-0.3, -0.25) is 19.3 Å². The minimum Gasteiger partial charge on any atom is -0.494 e. The van der Waals surface area contributed by atoms with E-state index in [0.717, 1.165) is 72.6 Å². The van der Waals surface area contributed by atoms with E-state index in [1.54, 1.807) is 6.07 Å². The van der Waals surface area contributed by atoms with Crippen molar-refractivity contribution in [1.29, 1.82) is 0 Å². The predicted molar refractivity (Wildman–Crippen MR) is 141 cm³/mol. The number of ether oxygens (including phenoxy) is 1. The second kappa shape index (κ2) is 11.7. The van der Waals surface area contributed by atoms with E-state index in [4.69, 9.17) is 14.4 Å². The first-order valence-corrected chi connectivity index (χ1v) is 13.8. The average Bonchev–Trinajstić information content (AvgIpc) is 3.19. The Morgan fingerprint density at radius 2 is 1.89 bits per heavy atom. The summed E-state index contributed by atoms with van der Waals surface area (Å²) in [5.41, 5.74) is 3.96. The lowest BCUT2D eigenvalue weighted by molar-refractivity contribution is -0.383. The summed E-state index contributed by atoms with van der Waals surface area (Å²) >= 11 is 0. The molecule has 0 spiro atoms. The molecule has 4 rings (SSSR count). The van der Waals surface area contributed by atoms with E-state index in [1.165, 1.54) is 0 Å². The maximum atomic E-state index is 11.7. The number of nitro benzene ring substituents is 1. The molecule has 36 heavy (non-hydrogen) atoms. The Morgan fingerprint density at radius 3 is 2.50 bits per heavy atom. The van der Waals surface area contributed by atoms with Crippen LogP contribution in [-0.4, -0.2) is 65.1 Å². The molecule has 1 aliphatic heterocycles. The topological polar surface area (TPSA) is 140 Å². The van der Waals surface area contributed by atoms with Crippen LogP contribution >= 0.6 is 0 Å². The highest BCUT2D eigenvalue weighted by molar-refractivity contribution is 7.85. The number of fused-ring (bicyclic) bond motifs is 2. The number of anilines is 2. The standard InChI is InChI=1S/C23H29N5O3.CH4O3S/c1-4-7-14-31-16-8-9-18-17(15-16)22-21-19(10-11-20(28(29)30)23(21)24-18)27(25-22)13-12-26(5-2)6-3;1-5(2,3)4/h8-11,15,24H,4-7,12-14H2,1-3H3;1H3,(H,2,3,4). The predicted octanol–water partition coefficient (Wildman–Crippen LogP) is 4.69. The molecular formula is C24H33N5O6S. The van der Waals surface area contributed by atoms with Gasteiger partial charge in [0.2, 0.25) is 0 Å². The van der Waals surface area contributed by atoms with Crippen LogP contribution in [0.15, 0.2) is 30.3 Å². The highest BCUT2D eigenvalue weighted by atomic mass is 32.2. The smallest absolute Gasteiger partial charge is 0.293 e. The second-order valence-electron chi connectivity index (χ2n) is 8.48. The van der Waals surface area contributed by atoms with E-state index in [0.29, 0.717) is 18.6 Å². The van der Waals surface area contributed by atoms with Crippen molar-refractivity contribution in [2.45, 2.75) is 40.2 Å². The van der Waals surface area contributed by atoms with Gasteiger partial charge in [-0.2, -0.15) is 13.5 Å². The summed E-state index contributed by atoms with van der Waals surface area (Å²) in [5.74, 6) is 0.786. The number of nitrogens with one attached hydrogen (secondary N) is 1. The van der Waals surface area contributed by atoms with Crippen molar-refractivity contribution in [1.82, 2.24) is 14.7 Å². The molecule has 0 bridgehead atoms. The van der Waals surface area contributed by atoms with Crippen molar-refractivity contribution >= 4 is 38.1 Å². The van der Waals surface area contributed by atoms with Gasteiger partial charge < -0.3 is 15.0 Å². The number of unbranched alkanes of at least 4 members (excludes halogenated alkanes) is 1. The number of likely N-dealkylation sites (N-methyl/N-ethyl adjacent to an activating group) is 1. The quantitative estimate of drug-likeness (QED) is 0.132. The van der Waals surface area contributed by atoms with Gasteiger partial charge in [0, 0.05) is 23.9 Å². The van der Waals surface area contributed by atoms with E-state index in [1.807, 2.05) is 28.9 Å². The van der Waals surface area contributed by atoms with Crippen molar-refractivity contribution in [3.05, 3.63) is 40.4 Å². The highest BCUT2D eigenvalue weighted by Crippen LogP contribution is 2.47. The van der Waals surface area contributed by atoms with Crippen molar-refractivity contribution < 1.29 is 22.6 Å². The summed E-state index contributed by atoms with van der Waals surface area (Å²) < 4.78 is 33.7. The minimum absolute atomic E-state index is 0.0611. The first-order valence-electron chi connectivity index (χ1n) is 11.9. The fourth-order valence-electron chi connectivity index (χ4n) is 4.06. The molecule has 0 radical (unpaired) electrons. The summed E-state index contributed by atoms with van der Waals surface area (Å²) in [6.07, 6.45) is 2.78. The summed E-state index contributed by atoms with van der Waals surface area (Å²) in [7, 11) is -3.67. The summed E-state index contributed by atoms with van der Waals surface area (Å²) in [6.45, 7) is 10.6. The van der Waals surface area contributed by atoms with Crippen LogP contribution in [0.2, 0.25) is 0 Å². The highest BCUT2D eigenvalue weighted by Gasteiger charge is 2.29. The summed E-state index contributed by atoms with van der Waals surface area (Å²) in [6, 6.07) is 9.17. The van der Waals surface area contributed by atoms with Gasteiger partial charge in [-0.15, -0.1) is 0 Å². The molecule has 0 saturated heterocycles. The van der Waals surface area contributed by atoms with Gasteiger partial charge in [0.1, 0.15) is 17.1 Å². The molecule has 3 aromatic rings. The Morgan fingerprint density at radius 1 is 1.19 bits per heavy atom. The Hall–Kier alpha value is -3.22. The van der Waals surface area contributed by atoms with Crippen LogP contribution in [0.25, 0.3) is 22.2 Å². The molecule has 0 aliphatic carbocycles. The number of aromatic nitrogens is 2. The van der Waals surface area contributed by atoms with E-state index >= 15 is 0 Å². The van der Waals surface area contributed by atoms with Crippen molar-refractivity contribution in [3.63, 3.8) is 0 Å². The molecular weight excluding hydrogens is 486 g/mol. The SMILES string of the molecule is CCCCOc1ccc2c(c1)-c1nn(CCN(CC)CC)c3ccc([N+](=O)[O-])c(c13)N2.CS(=O)(=O)O. The molecule has 2 aromatic carbocycles. The monoisotopic (exact) mass is 519 g/mol. The van der Waals surface area contributed by atoms with Gasteiger partial charge >= 0.3 is 0 Å². The molecule has 0 fully saturated rings. The Kier molecular flexibility index (Phi) is 8.88. The lowest BCUT2D eigenvalue weighted by Crippen LogP contribution is -2.27. The molecule has 2 N–H and O–H groups in total. The maximum absolute atomic E-state index is 11.7. The first kappa shape index (κ1) is 27.4. The molecule has 11 nitrogen and oxygen atoms in total. The van der Waals surface area contributed by atoms with Gasteiger partial charge in [-0.25, -0.2) is 0 Å². The lowest BCUT2D eigenvalue weighted by Gasteiger charge is -2.19. The molecule has 1 aliphatic rings. The van der Waals surface area contributed by atoms with E-state index in [2.05, 4.69) is 31.0 Å². The Balaban J connectivity index is 0.000000658. The first-order chi connectivity index (χ1) is 17.1. The molecule has 2 heterocycles. The van der Waals surface area contributed by atoms with E-state index < -0.39 is 10.1 Å². The third kappa shape index (κ3) is 6.50. The van der Waals surface area contributed by atoms with Gasteiger partial charge in [-0.1, -0.05) is 27.2 Å². The molecule has 0 atom stereocenters. The van der Waals surface area contributed by atoms with Crippen LogP contribution in [0.1, 0.15) is 33.6 Å². The minimum atomic E-state index is -3.67. The average molecular weight is 520 g/mol. The largest absolute Gasteiger partial charge is 0.494 e. The van der Waals surface area contributed by atoms with Crippen LogP contribution in [0, 0.1) is 10.1 Å². The van der Waals surface area contributed by atoms with E-state index in [-0.39, 0.29) is 10.6 Å². The van der Waals surface area contributed by atoms with E-state index in [9.17, 15) is 18.5 Å². The fraction of sp³-hybridized carbons (Fsp3) is 0.458.